The van der Waals surface area contributed by atoms with Crippen LogP contribution < -0.4 is 10.6 Å². The van der Waals surface area contributed by atoms with E-state index < -0.39 is 0 Å². The summed E-state index contributed by atoms with van der Waals surface area (Å²) in [6, 6.07) is 20.0. The van der Waals surface area contributed by atoms with Gasteiger partial charge in [-0.25, -0.2) is 24.3 Å². The zero-order chi connectivity index (χ0) is 19.9. The van der Waals surface area contributed by atoms with Crippen LogP contribution in [-0.2, 0) is 34.1 Å². The Balaban J connectivity index is 0.000000575. The fourth-order valence-corrected chi connectivity index (χ4v) is 2.27. The third-order valence-electron chi connectivity index (χ3n) is 3.69. The average Bonchev–Trinajstić information content (AvgIpc) is 3.56. The van der Waals surface area contributed by atoms with Gasteiger partial charge >= 0.3 is 17.1 Å². The molecule has 0 spiro atoms. The zero-order valence-corrected chi connectivity index (χ0v) is 18.6. The molecule has 0 aliphatic heterocycles. The van der Waals surface area contributed by atoms with Gasteiger partial charge in [-0.2, -0.15) is 36.4 Å². The molecule has 4 rings (SSSR count). The molecule has 0 atom stereocenters. The first-order chi connectivity index (χ1) is 13.8. The van der Waals surface area contributed by atoms with E-state index in [-0.39, 0.29) is 45.9 Å². The number of allylic oxidation sites excluding steroid dienone is 10. The summed E-state index contributed by atoms with van der Waals surface area (Å²) in [6.45, 7) is 1.03. The normalized spacial score (nSPS) is 12.0. The van der Waals surface area contributed by atoms with Gasteiger partial charge in [0.05, 0.1) is 0 Å². The zero-order valence-electron chi connectivity index (χ0n) is 16.4. The maximum atomic E-state index is 9.67. The monoisotopic (exact) mass is 486 g/mol. The largest absolute Gasteiger partial charge is 2.00 e. The quantitative estimate of drug-likeness (QED) is 0.213. The standard InChI is InChI=1S/C14H16N2O2.2C5H5.2Fe/c17-13(11-5-1-2-6-11)15-9-10-16-14(18)12-7-3-4-8-12;2*1-2-4-5-3-1;;/h1-8,15-18H,9-10H2;2*1-5H;;/q;2*-1;;+2. The molecule has 0 bridgehead atoms. The van der Waals surface area contributed by atoms with E-state index >= 15 is 0 Å². The van der Waals surface area contributed by atoms with Crippen LogP contribution in [0.5, 0.6) is 0 Å². The molecule has 0 unspecified atom stereocenters. The van der Waals surface area contributed by atoms with E-state index in [2.05, 4.69) is 10.6 Å². The van der Waals surface area contributed by atoms with Gasteiger partial charge in [-0.3, -0.25) is 0 Å². The van der Waals surface area contributed by atoms with Crippen LogP contribution in [0.15, 0.2) is 132 Å². The average molecular weight is 486 g/mol. The summed E-state index contributed by atoms with van der Waals surface area (Å²) in [4.78, 5) is 0. The molecule has 160 valence electrons. The molecule has 0 radical (unpaired) electrons. The second-order valence-electron chi connectivity index (χ2n) is 5.82. The molecule has 30 heavy (non-hydrogen) atoms. The SMILES string of the molecule is OC(NCCNC(O)=C1C=CC=C1)=C1C=CC=C1.[Fe+2].[Fe].c1cc[cH-]c1.c1cc[cH-]c1. The van der Waals surface area contributed by atoms with Gasteiger partial charge in [0.1, 0.15) is 0 Å². The smallest absolute Gasteiger partial charge is 0.494 e. The second kappa shape index (κ2) is 17.3. The number of nitrogens with one attached hydrogen (secondary N) is 2. The maximum Gasteiger partial charge on any atom is 2.00 e. The molecule has 2 aromatic carbocycles. The summed E-state index contributed by atoms with van der Waals surface area (Å²) in [5.74, 6) is 0.296. The van der Waals surface area contributed by atoms with Crippen LogP contribution in [0.1, 0.15) is 0 Å². The second-order valence-corrected chi connectivity index (χ2v) is 5.82. The molecule has 0 amide bonds. The Morgan fingerprint density at radius 3 is 1.17 bits per heavy atom. The molecule has 0 fully saturated rings. The molecule has 2 aliphatic rings. The predicted molar refractivity (Wildman–Crippen MR) is 116 cm³/mol. The van der Waals surface area contributed by atoms with Crippen LogP contribution in [0.25, 0.3) is 0 Å². The van der Waals surface area contributed by atoms with Gasteiger partial charge in [-0.05, 0) is 24.3 Å². The first-order valence-electron chi connectivity index (χ1n) is 9.14. The van der Waals surface area contributed by atoms with Crippen LogP contribution in [0.2, 0.25) is 0 Å². The first-order valence-corrected chi connectivity index (χ1v) is 9.14. The van der Waals surface area contributed by atoms with Crippen molar-refractivity contribution in [1.29, 1.82) is 0 Å². The van der Waals surface area contributed by atoms with Gasteiger partial charge in [0.25, 0.3) is 0 Å². The topological polar surface area (TPSA) is 64.5 Å². The summed E-state index contributed by atoms with van der Waals surface area (Å²) in [5.41, 5.74) is 1.53. The van der Waals surface area contributed by atoms with E-state index in [9.17, 15) is 10.2 Å². The van der Waals surface area contributed by atoms with Crippen LogP contribution in [0.4, 0.5) is 0 Å². The molecule has 2 aromatic rings. The van der Waals surface area contributed by atoms with Crippen molar-refractivity contribution in [3.8, 4) is 0 Å². The van der Waals surface area contributed by atoms with Crippen LogP contribution in [0.3, 0.4) is 0 Å². The summed E-state index contributed by atoms with van der Waals surface area (Å²) in [5, 5.41) is 25.1. The Bertz CT molecular complexity index is 709. The Labute approximate surface area is 199 Å². The first kappa shape index (κ1) is 27.4. The predicted octanol–water partition coefficient (Wildman–Crippen LogP) is 4.76. The van der Waals surface area contributed by atoms with Crippen LogP contribution in [0, 0.1) is 0 Å². The molecule has 2 aliphatic carbocycles. The van der Waals surface area contributed by atoms with E-state index in [4.69, 9.17) is 0 Å². The van der Waals surface area contributed by atoms with Gasteiger partial charge in [-0.15, -0.1) is 0 Å². The maximum absolute atomic E-state index is 9.67. The van der Waals surface area contributed by atoms with Gasteiger partial charge in [0, 0.05) is 41.3 Å². The number of hydrogen-bond acceptors (Lipinski definition) is 4. The van der Waals surface area contributed by atoms with Gasteiger partial charge in [0.2, 0.25) is 0 Å². The molecular weight excluding hydrogens is 460 g/mol. The molecule has 4 N–H and O–H groups in total. The van der Waals surface area contributed by atoms with Crippen LogP contribution >= 0.6 is 0 Å². The van der Waals surface area contributed by atoms with Crippen molar-refractivity contribution in [2.24, 2.45) is 0 Å². The molecule has 6 heteroatoms. The number of rotatable bonds is 5. The Morgan fingerprint density at radius 1 is 0.633 bits per heavy atom. The number of hydrogen-bond donors (Lipinski definition) is 4. The Hall–Kier alpha value is -2.62. The van der Waals surface area contributed by atoms with E-state index in [1.807, 2.05) is 109 Å². The summed E-state index contributed by atoms with van der Waals surface area (Å²) < 4.78 is 0. The van der Waals surface area contributed by atoms with Crippen molar-refractivity contribution in [1.82, 2.24) is 10.6 Å². The fraction of sp³-hybridized carbons (Fsp3) is 0.0833. The third-order valence-corrected chi connectivity index (χ3v) is 3.69. The molecule has 0 saturated carbocycles. The summed E-state index contributed by atoms with van der Waals surface area (Å²) in [7, 11) is 0. The van der Waals surface area contributed by atoms with Crippen LogP contribution in [-0.4, -0.2) is 23.3 Å². The molecule has 0 saturated heterocycles. The van der Waals surface area contributed by atoms with Gasteiger partial charge < -0.3 is 20.8 Å². The van der Waals surface area contributed by atoms with E-state index in [1.54, 1.807) is 0 Å². The van der Waals surface area contributed by atoms with E-state index in [0.717, 1.165) is 11.1 Å². The summed E-state index contributed by atoms with van der Waals surface area (Å²) in [6.07, 6.45) is 14.7. The number of aliphatic hydroxyl groups is 2. The van der Waals surface area contributed by atoms with Crippen molar-refractivity contribution in [3.05, 3.63) is 132 Å². The van der Waals surface area contributed by atoms with Crippen molar-refractivity contribution < 1.29 is 44.4 Å². The molecule has 4 nitrogen and oxygen atoms in total. The summed E-state index contributed by atoms with van der Waals surface area (Å²) >= 11 is 0. The minimum Gasteiger partial charge on any atom is -0.494 e. The Kier molecular flexibility index (Phi) is 15.7. The van der Waals surface area contributed by atoms with Crippen molar-refractivity contribution >= 4 is 0 Å². The van der Waals surface area contributed by atoms with Gasteiger partial charge in [0.15, 0.2) is 11.8 Å². The minimum atomic E-state index is 0. The van der Waals surface area contributed by atoms with Crippen molar-refractivity contribution in [3.63, 3.8) is 0 Å². The molecule has 0 aromatic heterocycles. The van der Waals surface area contributed by atoms with Crippen molar-refractivity contribution in [2.45, 2.75) is 0 Å². The minimum absolute atomic E-state index is 0. The number of aliphatic hydroxyl groups excluding tert-OH is 2. The van der Waals surface area contributed by atoms with Crippen molar-refractivity contribution in [2.75, 3.05) is 13.1 Å². The van der Waals surface area contributed by atoms with Gasteiger partial charge in [-0.1, -0.05) is 24.3 Å². The Morgan fingerprint density at radius 2 is 0.933 bits per heavy atom. The molecule has 0 heterocycles. The molecular formula is C24H26Fe2N2O2. The fourth-order valence-electron chi connectivity index (χ4n) is 2.27. The van der Waals surface area contributed by atoms with E-state index in [0.29, 0.717) is 13.1 Å². The van der Waals surface area contributed by atoms with E-state index in [1.165, 1.54) is 0 Å². The third kappa shape index (κ3) is 11.4.